The van der Waals surface area contributed by atoms with Gasteiger partial charge in [-0.1, -0.05) is 19.9 Å². The van der Waals surface area contributed by atoms with Crippen LogP contribution in [0.3, 0.4) is 0 Å². The van der Waals surface area contributed by atoms with Crippen molar-refractivity contribution in [3.63, 3.8) is 0 Å². The second-order valence-electron chi connectivity index (χ2n) is 6.07. The predicted molar refractivity (Wildman–Crippen MR) is 78.8 cm³/mol. The van der Waals surface area contributed by atoms with Crippen molar-refractivity contribution < 1.29 is 0 Å². The van der Waals surface area contributed by atoms with E-state index in [0.717, 1.165) is 6.54 Å². The van der Waals surface area contributed by atoms with Gasteiger partial charge in [0.15, 0.2) is 0 Å². The Bertz CT molecular complexity index is 304. The van der Waals surface area contributed by atoms with Crippen molar-refractivity contribution in [3.8, 4) is 0 Å². The molecule has 0 aromatic carbocycles. The monoisotopic (exact) mass is 253 g/mol. The molecular weight excluding hydrogens is 226 g/mol. The maximum Gasteiger partial charge on any atom is 0.00967 e. The summed E-state index contributed by atoms with van der Waals surface area (Å²) in [5, 5.41) is 5.86. The third-order valence-electron chi connectivity index (χ3n) is 3.62. The van der Waals surface area contributed by atoms with E-state index in [4.69, 9.17) is 0 Å². The average Bonchev–Trinajstić information content (AvgIpc) is 2.76. The molecule has 1 aromatic heterocycles. The number of thiophene rings is 1. The predicted octanol–water partition coefficient (Wildman–Crippen LogP) is 4.49. The van der Waals surface area contributed by atoms with Crippen molar-refractivity contribution in [2.24, 2.45) is 5.41 Å². The van der Waals surface area contributed by atoms with E-state index in [1.54, 1.807) is 0 Å². The molecule has 1 aromatic rings. The zero-order valence-electron chi connectivity index (χ0n) is 12.0. The van der Waals surface area contributed by atoms with Gasteiger partial charge in [-0.25, -0.2) is 0 Å². The van der Waals surface area contributed by atoms with Gasteiger partial charge in [0.05, 0.1) is 0 Å². The van der Waals surface area contributed by atoms with Crippen molar-refractivity contribution in [1.29, 1.82) is 0 Å². The minimum Gasteiger partial charge on any atom is -0.312 e. The molecule has 1 N–H and O–H groups in total. The van der Waals surface area contributed by atoms with Gasteiger partial charge in [0.25, 0.3) is 0 Å². The smallest absolute Gasteiger partial charge is 0.00967 e. The minimum absolute atomic E-state index is 0.213. The number of rotatable bonds is 6. The summed E-state index contributed by atoms with van der Waals surface area (Å²) in [4.78, 5) is 1.52. The summed E-state index contributed by atoms with van der Waals surface area (Å²) in [5.41, 5.74) is 0.628. The standard InChI is InChI=1S/C15H27NS/c1-6-15(7-2,12-16-14(3,4)5)11-13-9-8-10-17-13/h8-10,16H,6-7,11-12H2,1-5H3. The second-order valence-corrected chi connectivity index (χ2v) is 7.10. The molecule has 0 aliphatic rings. The average molecular weight is 253 g/mol. The lowest BCUT2D eigenvalue weighted by Crippen LogP contribution is -2.44. The van der Waals surface area contributed by atoms with Crippen LogP contribution in [-0.4, -0.2) is 12.1 Å². The van der Waals surface area contributed by atoms with Crippen LogP contribution in [0.4, 0.5) is 0 Å². The number of hydrogen-bond acceptors (Lipinski definition) is 2. The van der Waals surface area contributed by atoms with Crippen LogP contribution in [0.2, 0.25) is 0 Å². The minimum atomic E-state index is 0.213. The Balaban J connectivity index is 2.68. The maximum atomic E-state index is 3.68. The molecule has 98 valence electrons. The first-order valence-electron chi connectivity index (χ1n) is 6.68. The van der Waals surface area contributed by atoms with Crippen LogP contribution in [0, 0.1) is 5.41 Å². The van der Waals surface area contributed by atoms with Crippen LogP contribution in [-0.2, 0) is 6.42 Å². The first kappa shape index (κ1) is 14.7. The van der Waals surface area contributed by atoms with E-state index in [2.05, 4.69) is 57.4 Å². The highest BCUT2D eigenvalue weighted by Crippen LogP contribution is 2.32. The van der Waals surface area contributed by atoms with Crippen molar-refractivity contribution >= 4 is 11.3 Å². The molecule has 1 nitrogen and oxygen atoms in total. The molecule has 17 heavy (non-hydrogen) atoms. The van der Waals surface area contributed by atoms with Crippen molar-refractivity contribution in [1.82, 2.24) is 5.32 Å². The number of nitrogens with one attached hydrogen (secondary N) is 1. The molecular formula is C15H27NS. The molecule has 0 spiro atoms. The quantitative estimate of drug-likeness (QED) is 0.788. The molecule has 0 atom stereocenters. The lowest BCUT2D eigenvalue weighted by molar-refractivity contribution is 0.221. The van der Waals surface area contributed by atoms with E-state index in [0.29, 0.717) is 5.41 Å². The van der Waals surface area contributed by atoms with Crippen molar-refractivity contribution in [2.45, 2.75) is 59.4 Å². The van der Waals surface area contributed by atoms with Crippen molar-refractivity contribution in [2.75, 3.05) is 6.54 Å². The first-order valence-corrected chi connectivity index (χ1v) is 7.56. The SMILES string of the molecule is CCC(CC)(CNC(C)(C)C)Cc1cccs1. The molecule has 1 heterocycles. The Morgan fingerprint density at radius 3 is 2.24 bits per heavy atom. The largest absolute Gasteiger partial charge is 0.312 e. The van der Waals surface area contributed by atoms with Crippen molar-refractivity contribution in [3.05, 3.63) is 22.4 Å². The van der Waals surface area contributed by atoms with E-state index in [-0.39, 0.29) is 5.54 Å². The molecule has 0 radical (unpaired) electrons. The second kappa shape index (κ2) is 6.01. The zero-order valence-corrected chi connectivity index (χ0v) is 12.8. The Morgan fingerprint density at radius 1 is 1.18 bits per heavy atom. The Hall–Kier alpha value is -0.340. The van der Waals surface area contributed by atoms with Gasteiger partial charge < -0.3 is 5.32 Å². The third-order valence-corrected chi connectivity index (χ3v) is 4.50. The highest BCUT2D eigenvalue weighted by atomic mass is 32.1. The fourth-order valence-corrected chi connectivity index (χ4v) is 2.93. The maximum absolute atomic E-state index is 3.68. The van der Waals surface area contributed by atoms with Crippen LogP contribution < -0.4 is 5.32 Å². The summed E-state index contributed by atoms with van der Waals surface area (Å²) in [5.74, 6) is 0. The van der Waals surface area contributed by atoms with E-state index >= 15 is 0 Å². The first-order chi connectivity index (χ1) is 7.91. The Kier molecular flexibility index (Phi) is 5.21. The van der Waals surface area contributed by atoms with Gasteiger partial charge in [0.1, 0.15) is 0 Å². The molecule has 2 heteroatoms. The molecule has 0 saturated heterocycles. The fourth-order valence-electron chi connectivity index (χ4n) is 2.05. The fraction of sp³-hybridized carbons (Fsp3) is 0.733. The normalized spacial score (nSPS) is 13.0. The van der Waals surface area contributed by atoms with E-state index in [9.17, 15) is 0 Å². The van der Waals surface area contributed by atoms with E-state index < -0.39 is 0 Å². The summed E-state index contributed by atoms with van der Waals surface area (Å²) in [6.07, 6.45) is 3.69. The van der Waals surface area contributed by atoms with Crippen LogP contribution in [0.25, 0.3) is 0 Å². The molecule has 0 amide bonds. The Labute approximate surface area is 111 Å². The molecule has 0 aliphatic heterocycles. The molecule has 0 aliphatic carbocycles. The summed E-state index contributed by atoms with van der Waals surface area (Å²) in [6, 6.07) is 4.43. The topological polar surface area (TPSA) is 12.0 Å². The molecule has 0 unspecified atom stereocenters. The van der Waals surface area contributed by atoms with E-state index in [1.165, 1.54) is 24.1 Å². The van der Waals surface area contributed by atoms with Crippen LogP contribution in [0.15, 0.2) is 17.5 Å². The van der Waals surface area contributed by atoms with Crippen LogP contribution in [0.1, 0.15) is 52.3 Å². The van der Waals surface area contributed by atoms with Crippen LogP contribution >= 0.6 is 11.3 Å². The lowest BCUT2D eigenvalue weighted by Gasteiger charge is -2.35. The Morgan fingerprint density at radius 2 is 1.82 bits per heavy atom. The summed E-state index contributed by atoms with van der Waals surface area (Å²) in [6.45, 7) is 12.5. The molecule has 0 saturated carbocycles. The highest BCUT2D eigenvalue weighted by molar-refractivity contribution is 7.09. The van der Waals surface area contributed by atoms with Crippen LogP contribution in [0.5, 0.6) is 0 Å². The summed E-state index contributed by atoms with van der Waals surface area (Å²) in [7, 11) is 0. The number of hydrogen-bond donors (Lipinski definition) is 1. The summed E-state index contributed by atoms with van der Waals surface area (Å²) < 4.78 is 0. The van der Waals surface area contributed by atoms with Gasteiger partial charge in [-0.3, -0.25) is 0 Å². The molecule has 1 rings (SSSR count). The van der Waals surface area contributed by atoms with Gasteiger partial charge in [0, 0.05) is 17.0 Å². The van der Waals surface area contributed by atoms with Gasteiger partial charge >= 0.3 is 0 Å². The zero-order chi connectivity index (χ0) is 12.9. The highest BCUT2D eigenvalue weighted by Gasteiger charge is 2.28. The molecule has 0 fully saturated rings. The summed E-state index contributed by atoms with van der Waals surface area (Å²) >= 11 is 1.89. The van der Waals surface area contributed by atoms with Gasteiger partial charge in [-0.2, -0.15) is 0 Å². The van der Waals surface area contributed by atoms with Gasteiger partial charge in [0.2, 0.25) is 0 Å². The van der Waals surface area contributed by atoms with Gasteiger partial charge in [-0.15, -0.1) is 11.3 Å². The molecule has 0 bridgehead atoms. The van der Waals surface area contributed by atoms with Gasteiger partial charge in [-0.05, 0) is 56.9 Å². The third kappa shape index (κ3) is 4.81. The lowest BCUT2D eigenvalue weighted by atomic mass is 9.78. The van der Waals surface area contributed by atoms with E-state index in [1.807, 2.05) is 11.3 Å².